The molecule has 8 saturated heterocycles. The number of benzene rings is 7. The summed E-state index contributed by atoms with van der Waals surface area (Å²) in [5.41, 5.74) is 6.44. The van der Waals surface area contributed by atoms with Gasteiger partial charge in [0.05, 0.1) is 47.7 Å². The molecule has 0 radical (unpaired) electrons. The number of ether oxygens (including phenoxy) is 6. The molecule has 7 aromatic carbocycles. The van der Waals surface area contributed by atoms with E-state index in [2.05, 4.69) is 55.6 Å². The summed E-state index contributed by atoms with van der Waals surface area (Å²) < 4.78 is 34.0. The minimum absolute atomic E-state index is 0.00254. The molecule has 7 aromatic rings. The number of likely N-dealkylation sites (tertiary alicyclic amines) is 3. The van der Waals surface area contributed by atoms with Crippen molar-refractivity contribution in [3.8, 4) is 34.5 Å². The predicted molar refractivity (Wildman–Crippen MR) is 483 cm³/mol. The van der Waals surface area contributed by atoms with Gasteiger partial charge in [0.1, 0.15) is 58.0 Å². The van der Waals surface area contributed by atoms with Crippen molar-refractivity contribution in [1.82, 2.24) is 36.0 Å². The van der Waals surface area contributed by atoms with Crippen molar-refractivity contribution < 1.29 is 77.9 Å². The number of anilines is 4. The fourth-order valence-corrected chi connectivity index (χ4v) is 18.5. The van der Waals surface area contributed by atoms with Crippen molar-refractivity contribution in [3.05, 3.63) is 188 Å². The van der Waals surface area contributed by atoms with E-state index < -0.39 is 48.4 Å². The molecule has 0 aliphatic carbocycles. The molecule has 31 heteroatoms. The maximum atomic E-state index is 13.3. The van der Waals surface area contributed by atoms with Crippen molar-refractivity contribution in [2.24, 2.45) is 29.6 Å². The molecule has 27 nitrogen and oxygen atoms in total. The van der Waals surface area contributed by atoms with Gasteiger partial charge in [0.15, 0.2) is 34.5 Å². The van der Waals surface area contributed by atoms with Gasteiger partial charge in [0.2, 0.25) is 17.7 Å². The zero-order valence-corrected chi connectivity index (χ0v) is 73.6. The first-order valence-electron chi connectivity index (χ1n) is 44.2. The van der Waals surface area contributed by atoms with E-state index in [9.17, 15) is 39.3 Å². The zero-order valence-electron chi connectivity index (χ0n) is 70.6. The Kier molecular flexibility index (Phi) is 33.1. The lowest BCUT2D eigenvalue weighted by Gasteiger charge is -2.30. The van der Waals surface area contributed by atoms with Crippen LogP contribution < -0.4 is 69.3 Å². The first-order chi connectivity index (χ1) is 60.7. The molecule has 3 unspecified atom stereocenters. The Bertz CT molecular complexity index is 4300. The fraction of sp³-hybridized carbons (Fsp3) is 0.500. The summed E-state index contributed by atoms with van der Waals surface area (Å²) in [4.78, 5) is 76.5. The second-order valence-corrected chi connectivity index (χ2v) is 35.7. The Morgan fingerprint density at radius 1 is 0.336 bits per heavy atom. The van der Waals surface area contributed by atoms with E-state index in [1.807, 2.05) is 152 Å². The van der Waals surface area contributed by atoms with Crippen LogP contribution in [0.15, 0.2) is 152 Å². The number of hydrogen-bond acceptors (Lipinski definition) is 22. The lowest BCUT2D eigenvalue weighted by molar-refractivity contribution is -0.141. The van der Waals surface area contributed by atoms with Crippen molar-refractivity contribution in [1.29, 1.82) is 0 Å². The summed E-state index contributed by atoms with van der Waals surface area (Å²) in [6, 6.07) is 46.1. The summed E-state index contributed by atoms with van der Waals surface area (Å²) in [7, 11) is 0. The van der Waals surface area contributed by atoms with Gasteiger partial charge in [-0.3, -0.25) is 24.0 Å². The quantitative estimate of drug-likeness (QED) is 0.0271. The molecule has 11 heterocycles. The Morgan fingerprint density at radius 2 is 0.592 bits per heavy atom. The van der Waals surface area contributed by atoms with Crippen molar-refractivity contribution >= 4 is 98.8 Å². The number of amides is 3. The first kappa shape index (κ1) is 92.0. The van der Waals surface area contributed by atoms with E-state index in [1.165, 1.54) is 0 Å². The maximum Gasteiger partial charge on any atom is 0.308 e. The van der Waals surface area contributed by atoms with Crippen molar-refractivity contribution in [2.75, 3.05) is 184 Å². The van der Waals surface area contributed by atoms with E-state index in [0.29, 0.717) is 147 Å². The molecule has 11 atom stereocenters. The smallest absolute Gasteiger partial charge is 0.308 e. The third-order valence-corrected chi connectivity index (χ3v) is 26.2. The topological polar surface area (TPSA) is 313 Å². The van der Waals surface area contributed by atoms with Gasteiger partial charge in [-0.1, -0.05) is 64.6 Å². The number of nitrogens with one attached hydrogen (secondary N) is 4. The SMILES string of the molecule is O=C(N[C@H](CN1CCCC1)[C@H](O)c1ccc2c(c1)OCCO2)C1CCN(c2ccc(Cl)cc2)C1.O=C(N[C@H](CN1CCCC1)[C@H](O)c1ccc2c(c1)OCCO2)[C@@H]1CCN(c2ccc(Cl)cc2)C1.O=C(N[C@H](CN1CCCC1)[C@H](O)c1ccc2c(c1)OCCO2)[C@H]1CCN(c2ccc(Cl)cc2)C1.O=C(O)C1CCN(c2ccc(Cl)cc2)C1.O=C(O)C1CCNC1. The summed E-state index contributed by atoms with van der Waals surface area (Å²) in [5.74, 6) is 1.89. The van der Waals surface area contributed by atoms with Crippen LogP contribution in [-0.2, 0) is 24.0 Å². The van der Waals surface area contributed by atoms with E-state index in [4.69, 9.17) is 85.0 Å². The fourth-order valence-electron chi connectivity index (χ4n) is 18.0. The highest BCUT2D eigenvalue weighted by Gasteiger charge is 2.39. The highest BCUT2D eigenvalue weighted by atomic mass is 35.5. The van der Waals surface area contributed by atoms with Gasteiger partial charge >= 0.3 is 11.9 Å². The largest absolute Gasteiger partial charge is 0.486 e. The lowest BCUT2D eigenvalue weighted by atomic mass is 9.99. The Balaban J connectivity index is 0.000000135. The van der Waals surface area contributed by atoms with E-state index in [1.54, 1.807) is 0 Å². The monoisotopic (exact) mass is 1800 g/mol. The number of halogens is 4. The van der Waals surface area contributed by atoms with Gasteiger partial charge in [-0.15, -0.1) is 0 Å². The molecule has 11 aliphatic rings. The van der Waals surface area contributed by atoms with Crippen LogP contribution in [0, 0.1) is 29.6 Å². The number of rotatable bonds is 24. The number of carbonyl (C=O) groups excluding carboxylic acids is 3. The van der Waals surface area contributed by atoms with Crippen LogP contribution in [0.3, 0.4) is 0 Å². The molecule has 672 valence electrons. The summed E-state index contributed by atoms with van der Waals surface area (Å²) in [6.07, 6.45) is 8.25. The average Bonchev–Trinajstić information content (AvgIpc) is 1.58. The Morgan fingerprint density at radius 3 is 0.832 bits per heavy atom. The molecular formula is C94H117Cl4N11O16. The summed E-state index contributed by atoms with van der Waals surface area (Å²) in [6.45, 7) is 18.2. The van der Waals surface area contributed by atoms with Crippen LogP contribution >= 0.6 is 46.4 Å². The van der Waals surface area contributed by atoms with E-state index in [-0.39, 0.29) is 47.3 Å². The molecule has 0 bridgehead atoms. The number of aliphatic carboxylic acids is 2. The number of hydrogen-bond donors (Lipinski definition) is 9. The highest BCUT2D eigenvalue weighted by molar-refractivity contribution is 6.31. The zero-order chi connectivity index (χ0) is 87.3. The summed E-state index contributed by atoms with van der Waals surface area (Å²) in [5, 5.41) is 66.6. The van der Waals surface area contributed by atoms with Gasteiger partial charge in [-0.05, 0) is 267 Å². The van der Waals surface area contributed by atoms with Gasteiger partial charge in [-0.25, -0.2) is 0 Å². The Hall–Kier alpha value is -9.23. The molecule has 3 amide bonds. The summed E-state index contributed by atoms with van der Waals surface area (Å²) >= 11 is 23.8. The number of fused-ring (bicyclic) bond motifs is 3. The Labute approximate surface area is 751 Å². The van der Waals surface area contributed by atoms with Gasteiger partial charge < -0.3 is 110 Å². The average molecular weight is 1800 g/mol. The second kappa shape index (κ2) is 45.0. The van der Waals surface area contributed by atoms with Crippen LogP contribution in [0.2, 0.25) is 20.1 Å². The third kappa shape index (κ3) is 25.6. The van der Waals surface area contributed by atoms with Crippen molar-refractivity contribution in [3.63, 3.8) is 0 Å². The lowest BCUT2D eigenvalue weighted by Crippen LogP contribution is -2.48. The molecule has 125 heavy (non-hydrogen) atoms. The molecule has 9 N–H and O–H groups in total. The number of nitrogens with zero attached hydrogens (tertiary/aromatic N) is 7. The molecule has 18 rings (SSSR count). The predicted octanol–water partition coefficient (Wildman–Crippen LogP) is 11.7. The minimum Gasteiger partial charge on any atom is -0.486 e. The van der Waals surface area contributed by atoms with Crippen LogP contribution in [-0.4, -0.2) is 252 Å². The van der Waals surface area contributed by atoms with Gasteiger partial charge in [0, 0.05) is 121 Å². The van der Waals surface area contributed by atoms with E-state index >= 15 is 0 Å². The van der Waals surface area contributed by atoms with Gasteiger partial charge in [-0.2, -0.15) is 0 Å². The van der Waals surface area contributed by atoms with Crippen molar-refractivity contribution in [2.45, 2.75) is 107 Å². The van der Waals surface area contributed by atoms with Crippen LogP contribution in [0.5, 0.6) is 34.5 Å². The number of aliphatic hydroxyl groups is 3. The first-order valence-corrected chi connectivity index (χ1v) is 45.7. The number of carbonyl (C=O) groups is 5. The van der Waals surface area contributed by atoms with Gasteiger partial charge in [0.25, 0.3) is 0 Å². The normalized spacial score (nSPS) is 22.2. The third-order valence-electron chi connectivity index (χ3n) is 25.2. The molecule has 0 aromatic heterocycles. The van der Waals surface area contributed by atoms with E-state index in [0.717, 1.165) is 182 Å². The van der Waals surface area contributed by atoms with Crippen LogP contribution in [0.25, 0.3) is 0 Å². The molecular weight excluding hydrogens is 1680 g/mol. The highest BCUT2D eigenvalue weighted by Crippen LogP contribution is 2.39. The molecule has 8 fully saturated rings. The molecule has 0 spiro atoms. The molecule has 11 aliphatic heterocycles. The molecule has 0 saturated carbocycles. The number of carboxylic acid groups (broad SMARTS) is 2. The minimum atomic E-state index is -0.839. The number of aliphatic hydroxyl groups excluding tert-OH is 3. The maximum absolute atomic E-state index is 13.3. The standard InChI is InChI=1S/3C26H32ClN3O4.C11H12ClNO2.C5H9NO2/c3*27-20-4-6-21(7-5-20)30-12-9-19(16-30)26(32)28-22(17-29-10-1-2-11-29)25(31)18-3-8-23-24(15-18)34-14-13-33-23;12-9-1-3-10(4-2-9)13-6-5-8(7-13)11(14)15;7-5(8)4-1-2-6-3-4/h3*3-8,15,19,22,25,31H,1-2,9-14,16-17H2,(H,28,32);1-4,8H,5-7H2,(H,14,15);4,6H,1-3H2,(H,7,8)/t19?,22-,25-;19-,22+,25+;19-,22-,25-;;/m101../s1. The van der Waals surface area contributed by atoms with Crippen LogP contribution in [0.4, 0.5) is 22.7 Å². The van der Waals surface area contributed by atoms with Crippen LogP contribution in [0.1, 0.15) is 106 Å². The second-order valence-electron chi connectivity index (χ2n) is 33.9. The number of carboxylic acids is 2.